The molecule has 0 spiro atoms. The molecule has 8 rings (SSSR count). The normalized spacial score (nSPS) is 16.6. The van der Waals surface area contributed by atoms with Gasteiger partial charge in [-0.1, -0.05) is 84.8 Å². The molecule has 42 heavy (non-hydrogen) atoms. The Hall–Kier alpha value is -4.56. The number of hydrogen-bond acceptors (Lipinski definition) is 1. The van der Waals surface area contributed by atoms with Crippen molar-refractivity contribution in [2.75, 3.05) is 0 Å². The molecule has 5 aromatic carbocycles. The van der Waals surface area contributed by atoms with Gasteiger partial charge in [0.05, 0.1) is 10.9 Å². The standard InChI is InChI=1S/C40H35NO/c1-23-6-12-31(13-7-23)41-36-19-25(3)9-15-34(36)39-35-17-11-29(22-37(35)42-40(39)41)28-10-16-33-30(21-28)20-27(5)38(33)32-14-8-24(2)18-26(32)4/h6-19,21-22,27,38H,20H2,1-5H3. The third-order valence-electron chi connectivity index (χ3n) is 9.51. The SMILES string of the molecule is Cc1ccc(-n2c3cc(C)ccc3c3c4ccc(-c5ccc6c(c5)CC(C)C6c5ccc(C)cc5C)cc4oc32)cc1. The first-order valence-electron chi connectivity index (χ1n) is 15.1. The lowest BCUT2D eigenvalue weighted by atomic mass is 9.84. The molecule has 2 heteroatoms. The molecule has 7 aromatic rings. The van der Waals surface area contributed by atoms with Gasteiger partial charge in [-0.15, -0.1) is 0 Å². The van der Waals surface area contributed by atoms with Crippen molar-refractivity contribution in [3.8, 4) is 16.8 Å². The van der Waals surface area contributed by atoms with Gasteiger partial charge in [-0.25, -0.2) is 0 Å². The van der Waals surface area contributed by atoms with E-state index in [0.29, 0.717) is 11.8 Å². The first-order chi connectivity index (χ1) is 20.4. The number of aryl methyl sites for hydroxylation is 4. The van der Waals surface area contributed by atoms with E-state index in [4.69, 9.17) is 4.42 Å². The summed E-state index contributed by atoms with van der Waals surface area (Å²) in [5, 5.41) is 3.58. The van der Waals surface area contributed by atoms with Gasteiger partial charge in [0, 0.05) is 22.4 Å². The Labute approximate surface area is 247 Å². The first-order valence-corrected chi connectivity index (χ1v) is 15.1. The van der Waals surface area contributed by atoms with Crippen molar-refractivity contribution in [3.05, 3.63) is 136 Å². The van der Waals surface area contributed by atoms with E-state index in [-0.39, 0.29) is 0 Å². The van der Waals surface area contributed by atoms with Crippen molar-refractivity contribution in [3.63, 3.8) is 0 Å². The first kappa shape index (κ1) is 25.2. The summed E-state index contributed by atoms with van der Waals surface area (Å²) in [5.41, 5.74) is 16.3. The van der Waals surface area contributed by atoms with Crippen LogP contribution in [0.15, 0.2) is 101 Å². The van der Waals surface area contributed by atoms with Crippen LogP contribution in [0.25, 0.3) is 49.8 Å². The summed E-state index contributed by atoms with van der Waals surface area (Å²) >= 11 is 0. The van der Waals surface area contributed by atoms with E-state index in [2.05, 4.69) is 136 Å². The van der Waals surface area contributed by atoms with Crippen molar-refractivity contribution in [1.29, 1.82) is 0 Å². The van der Waals surface area contributed by atoms with Crippen LogP contribution in [0.2, 0.25) is 0 Å². The number of rotatable bonds is 3. The predicted octanol–water partition coefficient (Wildman–Crippen LogP) is 10.8. The summed E-state index contributed by atoms with van der Waals surface area (Å²) in [5.74, 6) is 1.05. The number of benzene rings is 5. The van der Waals surface area contributed by atoms with Crippen molar-refractivity contribution in [1.82, 2.24) is 4.57 Å². The van der Waals surface area contributed by atoms with E-state index in [1.807, 2.05) is 0 Å². The van der Waals surface area contributed by atoms with Crippen molar-refractivity contribution in [2.24, 2.45) is 5.92 Å². The number of furan rings is 1. The van der Waals surface area contributed by atoms with Crippen molar-refractivity contribution in [2.45, 2.75) is 47.0 Å². The van der Waals surface area contributed by atoms with Crippen molar-refractivity contribution < 1.29 is 4.42 Å². The molecule has 0 fully saturated rings. The molecular formula is C40H35NO. The lowest BCUT2D eigenvalue weighted by Gasteiger charge is -2.20. The Morgan fingerprint density at radius 3 is 2.12 bits per heavy atom. The molecule has 0 bridgehead atoms. The van der Waals surface area contributed by atoms with Gasteiger partial charge in [0.2, 0.25) is 5.71 Å². The van der Waals surface area contributed by atoms with Gasteiger partial charge >= 0.3 is 0 Å². The number of hydrogen-bond donors (Lipinski definition) is 0. The Morgan fingerprint density at radius 2 is 1.31 bits per heavy atom. The van der Waals surface area contributed by atoms with Gasteiger partial charge in [0.1, 0.15) is 5.58 Å². The summed E-state index contributed by atoms with van der Waals surface area (Å²) in [6, 6.07) is 36.2. The van der Waals surface area contributed by atoms with Crippen LogP contribution in [0.4, 0.5) is 0 Å². The molecule has 0 aliphatic heterocycles. The molecule has 0 saturated heterocycles. The Kier molecular flexibility index (Phi) is 5.53. The Balaban J connectivity index is 1.25. The zero-order valence-corrected chi connectivity index (χ0v) is 25.0. The molecule has 2 unspecified atom stereocenters. The van der Waals surface area contributed by atoms with Crippen LogP contribution in [0.1, 0.15) is 51.8 Å². The van der Waals surface area contributed by atoms with Gasteiger partial charge in [-0.2, -0.15) is 0 Å². The topological polar surface area (TPSA) is 18.1 Å². The number of nitrogens with zero attached hydrogens (tertiary/aromatic N) is 1. The molecule has 2 nitrogen and oxygen atoms in total. The summed E-state index contributed by atoms with van der Waals surface area (Å²) < 4.78 is 9.00. The van der Waals surface area contributed by atoms with Crippen LogP contribution >= 0.6 is 0 Å². The molecule has 2 heterocycles. The van der Waals surface area contributed by atoms with E-state index in [1.54, 1.807) is 0 Å². The summed E-state index contributed by atoms with van der Waals surface area (Å²) in [4.78, 5) is 0. The monoisotopic (exact) mass is 545 g/mol. The minimum absolute atomic E-state index is 0.460. The molecule has 1 aliphatic carbocycles. The molecule has 0 N–H and O–H groups in total. The summed E-state index contributed by atoms with van der Waals surface area (Å²) in [6.45, 7) is 11.1. The molecule has 1 aliphatic rings. The average molecular weight is 546 g/mol. The molecular weight excluding hydrogens is 510 g/mol. The number of fused-ring (bicyclic) bond motifs is 6. The van der Waals surface area contributed by atoms with Crippen LogP contribution in [0.3, 0.4) is 0 Å². The second-order valence-electron chi connectivity index (χ2n) is 12.6. The highest BCUT2D eigenvalue weighted by atomic mass is 16.3. The van der Waals surface area contributed by atoms with Gasteiger partial charge in [-0.05, 0) is 109 Å². The maximum Gasteiger partial charge on any atom is 0.213 e. The molecule has 0 saturated carbocycles. The zero-order valence-electron chi connectivity index (χ0n) is 25.0. The van der Waals surface area contributed by atoms with E-state index >= 15 is 0 Å². The van der Waals surface area contributed by atoms with Crippen LogP contribution in [-0.2, 0) is 6.42 Å². The van der Waals surface area contributed by atoms with Gasteiger partial charge in [-0.3, -0.25) is 4.57 Å². The smallest absolute Gasteiger partial charge is 0.213 e. The Bertz CT molecular complexity index is 2170. The predicted molar refractivity (Wildman–Crippen MR) is 176 cm³/mol. The van der Waals surface area contributed by atoms with Gasteiger partial charge in [0.25, 0.3) is 0 Å². The maximum absolute atomic E-state index is 6.73. The third-order valence-corrected chi connectivity index (χ3v) is 9.51. The summed E-state index contributed by atoms with van der Waals surface area (Å²) in [6.07, 6.45) is 1.11. The van der Waals surface area contributed by atoms with Gasteiger partial charge < -0.3 is 4.42 Å². The highest BCUT2D eigenvalue weighted by Gasteiger charge is 2.31. The fraction of sp³-hybridized carbons (Fsp3) is 0.200. The quantitative estimate of drug-likeness (QED) is 0.216. The van der Waals surface area contributed by atoms with E-state index in [1.165, 1.54) is 66.4 Å². The molecule has 0 amide bonds. The van der Waals surface area contributed by atoms with E-state index < -0.39 is 0 Å². The molecule has 0 radical (unpaired) electrons. The largest absolute Gasteiger partial charge is 0.439 e. The third kappa shape index (κ3) is 3.78. The van der Waals surface area contributed by atoms with Crippen molar-refractivity contribution >= 4 is 33.0 Å². The lowest BCUT2D eigenvalue weighted by Crippen LogP contribution is -2.07. The van der Waals surface area contributed by atoms with Crippen LogP contribution in [0, 0.1) is 33.6 Å². The van der Waals surface area contributed by atoms with Gasteiger partial charge in [0.15, 0.2) is 0 Å². The molecule has 2 aromatic heterocycles. The van der Waals surface area contributed by atoms with Crippen LogP contribution in [-0.4, -0.2) is 4.57 Å². The Morgan fingerprint density at radius 1 is 0.643 bits per heavy atom. The van der Waals surface area contributed by atoms with Crippen LogP contribution in [0.5, 0.6) is 0 Å². The fourth-order valence-electron chi connectivity index (χ4n) is 7.46. The zero-order chi connectivity index (χ0) is 28.7. The minimum atomic E-state index is 0.460. The second-order valence-corrected chi connectivity index (χ2v) is 12.6. The average Bonchev–Trinajstić information content (AvgIpc) is 3.60. The minimum Gasteiger partial charge on any atom is -0.439 e. The lowest BCUT2D eigenvalue weighted by molar-refractivity contribution is 0.555. The fourth-order valence-corrected chi connectivity index (χ4v) is 7.46. The number of aromatic nitrogens is 1. The highest BCUT2D eigenvalue weighted by molar-refractivity contribution is 6.20. The second kappa shape index (κ2) is 9.22. The summed E-state index contributed by atoms with van der Waals surface area (Å²) in [7, 11) is 0. The van der Waals surface area contributed by atoms with E-state index in [0.717, 1.165) is 28.8 Å². The van der Waals surface area contributed by atoms with Crippen LogP contribution < -0.4 is 0 Å². The molecule has 2 atom stereocenters. The van der Waals surface area contributed by atoms with E-state index in [9.17, 15) is 0 Å². The maximum atomic E-state index is 6.73. The highest BCUT2D eigenvalue weighted by Crippen LogP contribution is 2.45. The molecule has 206 valence electrons.